The fourth-order valence-electron chi connectivity index (χ4n) is 3.59. The summed E-state index contributed by atoms with van der Waals surface area (Å²) < 4.78 is 5.72. The van der Waals surface area contributed by atoms with Gasteiger partial charge in [-0.1, -0.05) is 48.8 Å². The van der Waals surface area contributed by atoms with Crippen molar-refractivity contribution in [3.63, 3.8) is 0 Å². The molecule has 0 aromatic heterocycles. The first kappa shape index (κ1) is 17.5. The average molecular weight is 343 g/mol. The van der Waals surface area contributed by atoms with E-state index < -0.39 is 11.6 Å². The van der Waals surface area contributed by atoms with Crippen LogP contribution in [0.25, 0.3) is 0 Å². The fraction of sp³-hybridized carbons (Fsp3) is 0.500. The number of carbonyl (C=O) groups is 1. The molecule has 25 heavy (non-hydrogen) atoms. The third-order valence-corrected chi connectivity index (χ3v) is 4.83. The van der Waals surface area contributed by atoms with Gasteiger partial charge < -0.3 is 14.7 Å². The highest BCUT2D eigenvalue weighted by atomic mass is 16.6. The van der Waals surface area contributed by atoms with E-state index in [4.69, 9.17) is 9.57 Å². The predicted octanol–water partition coefficient (Wildman–Crippen LogP) is 4.43. The van der Waals surface area contributed by atoms with E-state index in [1.165, 1.54) is 0 Å². The Bertz CT molecular complexity index is 672. The van der Waals surface area contributed by atoms with Crippen LogP contribution in [0.1, 0.15) is 57.4 Å². The van der Waals surface area contributed by atoms with Crippen molar-refractivity contribution < 1.29 is 19.5 Å². The van der Waals surface area contributed by atoms with Crippen molar-refractivity contribution in [2.24, 2.45) is 5.16 Å². The molecule has 134 valence electrons. The zero-order valence-corrected chi connectivity index (χ0v) is 14.7. The summed E-state index contributed by atoms with van der Waals surface area (Å²) in [7, 11) is 0. The van der Waals surface area contributed by atoms with Crippen molar-refractivity contribution in [3.05, 3.63) is 47.2 Å². The fourth-order valence-corrected chi connectivity index (χ4v) is 3.59. The SMILES string of the molecule is CCCC(=NOCc1ccccc1)C1=C(O)CC2(CCCC2)OC1=O. The van der Waals surface area contributed by atoms with Gasteiger partial charge in [0.1, 0.15) is 23.5 Å². The van der Waals surface area contributed by atoms with E-state index in [1.54, 1.807) is 0 Å². The Morgan fingerprint density at radius 1 is 1.28 bits per heavy atom. The summed E-state index contributed by atoms with van der Waals surface area (Å²) in [6, 6.07) is 9.70. The molecule has 1 fully saturated rings. The molecule has 1 aliphatic carbocycles. The highest BCUT2D eigenvalue weighted by molar-refractivity contribution is 6.20. The van der Waals surface area contributed by atoms with Crippen molar-refractivity contribution in [3.8, 4) is 0 Å². The first-order valence-corrected chi connectivity index (χ1v) is 9.02. The zero-order chi connectivity index (χ0) is 17.7. The third-order valence-electron chi connectivity index (χ3n) is 4.83. The number of carbonyl (C=O) groups excluding carboxylic acids is 1. The molecular formula is C20H25NO4. The second-order valence-electron chi connectivity index (χ2n) is 6.83. The molecule has 1 spiro atoms. The molecule has 0 unspecified atom stereocenters. The molecule has 5 nitrogen and oxygen atoms in total. The van der Waals surface area contributed by atoms with Crippen LogP contribution in [-0.2, 0) is 21.0 Å². The molecule has 1 heterocycles. The van der Waals surface area contributed by atoms with Crippen LogP contribution in [0.3, 0.4) is 0 Å². The third kappa shape index (κ3) is 4.03. The number of hydrogen-bond donors (Lipinski definition) is 1. The van der Waals surface area contributed by atoms with Gasteiger partial charge in [-0.15, -0.1) is 0 Å². The minimum atomic E-state index is -0.507. The van der Waals surface area contributed by atoms with Gasteiger partial charge in [0.05, 0.1) is 5.71 Å². The van der Waals surface area contributed by atoms with Crippen LogP contribution >= 0.6 is 0 Å². The Morgan fingerprint density at radius 3 is 2.64 bits per heavy atom. The lowest BCUT2D eigenvalue weighted by Gasteiger charge is -2.33. The van der Waals surface area contributed by atoms with E-state index in [9.17, 15) is 9.90 Å². The van der Waals surface area contributed by atoms with Crippen LogP contribution in [0, 0.1) is 0 Å². The van der Waals surface area contributed by atoms with Crippen LogP contribution in [0.4, 0.5) is 0 Å². The quantitative estimate of drug-likeness (QED) is 0.471. The van der Waals surface area contributed by atoms with Gasteiger partial charge in [0.15, 0.2) is 0 Å². The molecule has 1 aromatic carbocycles. The molecular weight excluding hydrogens is 318 g/mol. The van der Waals surface area contributed by atoms with Gasteiger partial charge >= 0.3 is 5.97 Å². The molecule has 1 aliphatic heterocycles. The van der Waals surface area contributed by atoms with Crippen molar-refractivity contribution in [1.82, 2.24) is 0 Å². The van der Waals surface area contributed by atoms with E-state index in [1.807, 2.05) is 37.3 Å². The Hall–Kier alpha value is -2.30. The maximum absolute atomic E-state index is 12.5. The lowest BCUT2D eigenvalue weighted by Crippen LogP contribution is -2.39. The van der Waals surface area contributed by atoms with Crippen LogP contribution in [0.5, 0.6) is 0 Å². The number of rotatable bonds is 6. The highest BCUT2D eigenvalue weighted by Crippen LogP contribution is 2.42. The Balaban J connectivity index is 1.76. The second kappa shape index (κ2) is 7.72. The lowest BCUT2D eigenvalue weighted by molar-refractivity contribution is -0.157. The van der Waals surface area contributed by atoms with E-state index in [0.29, 0.717) is 25.2 Å². The summed E-state index contributed by atoms with van der Waals surface area (Å²) in [6.45, 7) is 2.32. The van der Waals surface area contributed by atoms with Crippen molar-refractivity contribution in [2.75, 3.05) is 0 Å². The lowest BCUT2D eigenvalue weighted by atomic mass is 9.90. The number of ether oxygens (including phenoxy) is 1. The van der Waals surface area contributed by atoms with E-state index in [-0.39, 0.29) is 11.3 Å². The summed E-state index contributed by atoms with van der Waals surface area (Å²) in [5, 5.41) is 14.7. The Morgan fingerprint density at radius 2 is 2.00 bits per heavy atom. The van der Waals surface area contributed by atoms with Crippen molar-refractivity contribution >= 4 is 11.7 Å². The molecule has 0 atom stereocenters. The van der Waals surface area contributed by atoms with Crippen molar-refractivity contribution in [2.45, 2.75) is 64.1 Å². The first-order chi connectivity index (χ1) is 12.1. The number of benzene rings is 1. The molecule has 0 radical (unpaired) electrons. The van der Waals surface area contributed by atoms with Crippen LogP contribution in [-0.4, -0.2) is 22.4 Å². The maximum Gasteiger partial charge on any atom is 0.344 e. The van der Waals surface area contributed by atoms with E-state index >= 15 is 0 Å². The number of aliphatic hydroxyl groups excluding tert-OH is 1. The molecule has 5 heteroatoms. The van der Waals surface area contributed by atoms with Gasteiger partial charge in [-0.05, 0) is 37.7 Å². The number of hydrogen-bond acceptors (Lipinski definition) is 5. The molecule has 2 aliphatic rings. The van der Waals surface area contributed by atoms with Crippen molar-refractivity contribution in [1.29, 1.82) is 0 Å². The van der Waals surface area contributed by atoms with Crippen LogP contribution < -0.4 is 0 Å². The number of esters is 1. The molecule has 0 amide bonds. The number of nitrogens with zero attached hydrogens (tertiary/aromatic N) is 1. The number of oxime groups is 1. The molecule has 1 saturated carbocycles. The van der Waals surface area contributed by atoms with Gasteiger partial charge in [0.25, 0.3) is 0 Å². The predicted molar refractivity (Wildman–Crippen MR) is 95.1 cm³/mol. The Labute approximate surface area is 148 Å². The standard InChI is InChI=1S/C20H25NO4/c1-2-8-16(21-24-14-15-9-4-3-5-10-15)18-17(22)13-20(25-19(18)23)11-6-7-12-20/h3-5,9-10,22H,2,6-8,11-14H2,1H3. The minimum absolute atomic E-state index is 0.0914. The van der Waals surface area contributed by atoms with Crippen LogP contribution in [0.15, 0.2) is 46.8 Å². The van der Waals surface area contributed by atoms with Gasteiger partial charge in [-0.2, -0.15) is 0 Å². The number of aliphatic hydroxyl groups is 1. The van der Waals surface area contributed by atoms with Crippen LogP contribution in [0.2, 0.25) is 0 Å². The van der Waals surface area contributed by atoms with E-state index in [2.05, 4.69) is 5.16 Å². The normalized spacial score (nSPS) is 20.0. The average Bonchev–Trinajstić information content (AvgIpc) is 3.02. The largest absolute Gasteiger partial charge is 0.511 e. The molecule has 0 bridgehead atoms. The molecule has 1 N–H and O–H groups in total. The van der Waals surface area contributed by atoms with Gasteiger partial charge in [-0.25, -0.2) is 4.79 Å². The highest BCUT2D eigenvalue weighted by Gasteiger charge is 2.44. The van der Waals surface area contributed by atoms with E-state index in [0.717, 1.165) is 37.7 Å². The summed E-state index contributed by atoms with van der Waals surface area (Å²) in [6.07, 6.45) is 5.44. The molecule has 1 aromatic rings. The molecule has 3 rings (SSSR count). The minimum Gasteiger partial charge on any atom is -0.511 e. The summed E-state index contributed by atoms with van der Waals surface area (Å²) >= 11 is 0. The topological polar surface area (TPSA) is 68.1 Å². The smallest absolute Gasteiger partial charge is 0.344 e. The zero-order valence-electron chi connectivity index (χ0n) is 14.7. The first-order valence-electron chi connectivity index (χ1n) is 9.02. The summed E-state index contributed by atoms with van der Waals surface area (Å²) in [5.74, 6) is -0.380. The van der Waals surface area contributed by atoms with Gasteiger partial charge in [-0.3, -0.25) is 0 Å². The monoisotopic (exact) mass is 343 g/mol. The van der Waals surface area contributed by atoms with Gasteiger partial charge in [0.2, 0.25) is 0 Å². The summed E-state index contributed by atoms with van der Waals surface area (Å²) in [5.41, 5.74) is 1.14. The molecule has 0 saturated heterocycles. The Kier molecular flexibility index (Phi) is 5.41. The van der Waals surface area contributed by atoms with Gasteiger partial charge in [0, 0.05) is 6.42 Å². The second-order valence-corrected chi connectivity index (χ2v) is 6.83. The maximum atomic E-state index is 12.5. The summed E-state index contributed by atoms with van der Waals surface area (Å²) in [4.78, 5) is 18.0.